The highest BCUT2D eigenvalue weighted by Gasteiger charge is 2.12. The van der Waals surface area contributed by atoms with Gasteiger partial charge in [0.05, 0.1) is 0 Å². The van der Waals surface area contributed by atoms with Gasteiger partial charge in [0.1, 0.15) is 5.82 Å². The van der Waals surface area contributed by atoms with Crippen LogP contribution in [0.1, 0.15) is 25.3 Å². The third-order valence-electron chi connectivity index (χ3n) is 4.75. The van der Waals surface area contributed by atoms with Crippen LogP contribution in [0.4, 0.5) is 4.39 Å². The van der Waals surface area contributed by atoms with Crippen LogP contribution in [-0.2, 0) is 6.54 Å². The Morgan fingerprint density at radius 3 is 2.63 bits per heavy atom. The molecule has 0 aromatic heterocycles. The maximum absolute atomic E-state index is 13.4. The fourth-order valence-corrected chi connectivity index (χ4v) is 3.16. The van der Waals surface area contributed by atoms with Crippen molar-refractivity contribution in [1.29, 1.82) is 0 Å². The van der Waals surface area contributed by atoms with E-state index in [2.05, 4.69) is 34.0 Å². The summed E-state index contributed by atoms with van der Waals surface area (Å²) in [7, 11) is 4.19. The van der Waals surface area contributed by atoms with Gasteiger partial charge in [-0.05, 0) is 51.1 Å². The standard InChI is InChI=1S/C20H34FN5.HI/c1-4-22-20(25(3)17-18-8-7-9-19(21)16-18)23-10-5-6-11-26-14-12-24(2)13-15-26;/h7-9,16H,4-6,10-15,17H2,1-3H3,(H,22,23);1H. The Balaban J connectivity index is 0.00000364. The molecule has 5 nitrogen and oxygen atoms in total. The van der Waals surface area contributed by atoms with Gasteiger partial charge in [-0.15, -0.1) is 24.0 Å². The predicted molar refractivity (Wildman–Crippen MR) is 122 cm³/mol. The number of likely N-dealkylation sites (N-methyl/N-ethyl adjacent to an activating group) is 1. The molecular weight excluding hydrogens is 456 g/mol. The van der Waals surface area contributed by atoms with Gasteiger partial charge in [-0.2, -0.15) is 0 Å². The van der Waals surface area contributed by atoms with Gasteiger partial charge in [0.15, 0.2) is 5.96 Å². The highest BCUT2D eigenvalue weighted by atomic mass is 127. The molecule has 0 radical (unpaired) electrons. The van der Waals surface area contributed by atoms with Crippen molar-refractivity contribution in [3.05, 3.63) is 35.6 Å². The number of rotatable bonds is 8. The third kappa shape index (κ3) is 9.21. The van der Waals surface area contributed by atoms with E-state index in [0.29, 0.717) is 6.54 Å². The van der Waals surface area contributed by atoms with Crippen LogP contribution in [0.25, 0.3) is 0 Å². The molecule has 1 N–H and O–H groups in total. The van der Waals surface area contributed by atoms with Crippen LogP contribution >= 0.6 is 24.0 Å². The van der Waals surface area contributed by atoms with Crippen molar-refractivity contribution < 1.29 is 4.39 Å². The molecule has 154 valence electrons. The van der Waals surface area contributed by atoms with Gasteiger partial charge in [0, 0.05) is 52.9 Å². The van der Waals surface area contributed by atoms with E-state index in [0.717, 1.165) is 31.0 Å². The third-order valence-corrected chi connectivity index (χ3v) is 4.75. The Hall–Kier alpha value is -0.930. The van der Waals surface area contributed by atoms with E-state index in [4.69, 9.17) is 4.99 Å². The summed E-state index contributed by atoms with van der Waals surface area (Å²) in [4.78, 5) is 11.7. The van der Waals surface area contributed by atoms with Gasteiger partial charge < -0.3 is 20.0 Å². The van der Waals surface area contributed by atoms with E-state index in [9.17, 15) is 4.39 Å². The fourth-order valence-electron chi connectivity index (χ4n) is 3.16. The van der Waals surface area contributed by atoms with Gasteiger partial charge >= 0.3 is 0 Å². The first-order valence-electron chi connectivity index (χ1n) is 9.73. The number of nitrogens with zero attached hydrogens (tertiary/aromatic N) is 4. The molecule has 0 atom stereocenters. The van der Waals surface area contributed by atoms with Crippen molar-refractivity contribution in [2.75, 3.05) is 59.9 Å². The highest BCUT2D eigenvalue weighted by Crippen LogP contribution is 2.07. The summed E-state index contributed by atoms with van der Waals surface area (Å²) < 4.78 is 13.4. The molecule has 1 aliphatic heterocycles. The molecule has 0 amide bonds. The quantitative estimate of drug-likeness (QED) is 0.263. The number of hydrogen-bond donors (Lipinski definition) is 1. The van der Waals surface area contributed by atoms with Crippen LogP contribution in [0.15, 0.2) is 29.3 Å². The number of nitrogens with one attached hydrogen (secondary N) is 1. The Morgan fingerprint density at radius 2 is 1.96 bits per heavy atom. The number of guanidine groups is 1. The number of unbranched alkanes of at least 4 members (excludes halogenated alkanes) is 1. The second kappa shape index (κ2) is 13.3. The molecule has 1 fully saturated rings. The Bertz CT molecular complexity index is 561. The molecule has 1 heterocycles. The summed E-state index contributed by atoms with van der Waals surface area (Å²) in [5, 5.41) is 3.33. The van der Waals surface area contributed by atoms with E-state index in [1.807, 2.05) is 13.1 Å². The molecule has 27 heavy (non-hydrogen) atoms. The van der Waals surface area contributed by atoms with E-state index in [1.165, 1.54) is 45.2 Å². The molecule has 1 aliphatic rings. The van der Waals surface area contributed by atoms with Crippen LogP contribution in [0.3, 0.4) is 0 Å². The maximum atomic E-state index is 13.4. The minimum absolute atomic E-state index is 0. The minimum Gasteiger partial charge on any atom is -0.357 e. The lowest BCUT2D eigenvalue weighted by Crippen LogP contribution is -2.44. The van der Waals surface area contributed by atoms with Crippen LogP contribution in [0, 0.1) is 5.82 Å². The molecular formula is C20H35FIN5. The van der Waals surface area contributed by atoms with Crippen molar-refractivity contribution >= 4 is 29.9 Å². The first-order valence-corrected chi connectivity index (χ1v) is 9.73. The number of hydrogen-bond acceptors (Lipinski definition) is 3. The molecule has 1 aromatic carbocycles. The van der Waals surface area contributed by atoms with Crippen LogP contribution < -0.4 is 5.32 Å². The second-order valence-corrected chi connectivity index (χ2v) is 7.07. The van der Waals surface area contributed by atoms with Gasteiger partial charge in [0.2, 0.25) is 0 Å². The largest absolute Gasteiger partial charge is 0.357 e. The Labute approximate surface area is 181 Å². The molecule has 2 rings (SSSR count). The van der Waals surface area contributed by atoms with Crippen molar-refractivity contribution in [2.45, 2.75) is 26.3 Å². The molecule has 0 unspecified atom stereocenters. The van der Waals surface area contributed by atoms with Gasteiger partial charge in [-0.3, -0.25) is 4.99 Å². The summed E-state index contributed by atoms with van der Waals surface area (Å²) in [6, 6.07) is 6.75. The molecule has 0 spiro atoms. The molecule has 7 heteroatoms. The van der Waals surface area contributed by atoms with Gasteiger partial charge in [-0.1, -0.05) is 12.1 Å². The summed E-state index contributed by atoms with van der Waals surface area (Å²) in [5.74, 6) is 0.693. The molecule has 0 saturated carbocycles. The highest BCUT2D eigenvalue weighted by molar-refractivity contribution is 14.0. The first-order chi connectivity index (χ1) is 12.6. The SMILES string of the molecule is CCNC(=NCCCCN1CCN(C)CC1)N(C)Cc1cccc(F)c1.I. The Morgan fingerprint density at radius 1 is 1.22 bits per heavy atom. The smallest absolute Gasteiger partial charge is 0.193 e. The topological polar surface area (TPSA) is 34.1 Å². The van der Waals surface area contributed by atoms with E-state index < -0.39 is 0 Å². The maximum Gasteiger partial charge on any atom is 0.193 e. The predicted octanol–water partition coefficient (Wildman–Crippen LogP) is 2.87. The monoisotopic (exact) mass is 491 g/mol. The molecule has 0 aliphatic carbocycles. The molecule has 1 aromatic rings. The van der Waals surface area contributed by atoms with E-state index in [-0.39, 0.29) is 29.8 Å². The van der Waals surface area contributed by atoms with Crippen LogP contribution in [0.5, 0.6) is 0 Å². The fraction of sp³-hybridized carbons (Fsp3) is 0.650. The van der Waals surface area contributed by atoms with Crippen molar-refractivity contribution in [1.82, 2.24) is 20.0 Å². The van der Waals surface area contributed by atoms with E-state index in [1.54, 1.807) is 12.1 Å². The average molecular weight is 491 g/mol. The minimum atomic E-state index is -0.193. The van der Waals surface area contributed by atoms with Crippen LogP contribution in [0.2, 0.25) is 0 Å². The van der Waals surface area contributed by atoms with Crippen molar-refractivity contribution in [3.63, 3.8) is 0 Å². The number of piperazine rings is 1. The normalized spacial score (nSPS) is 16.1. The van der Waals surface area contributed by atoms with Gasteiger partial charge in [-0.25, -0.2) is 4.39 Å². The van der Waals surface area contributed by atoms with Gasteiger partial charge in [0.25, 0.3) is 0 Å². The second-order valence-electron chi connectivity index (χ2n) is 7.07. The summed E-state index contributed by atoms with van der Waals surface area (Å²) in [6.07, 6.45) is 2.27. The number of aliphatic imine (C=N–C) groups is 1. The lowest BCUT2D eigenvalue weighted by Gasteiger charge is -2.32. The van der Waals surface area contributed by atoms with Crippen molar-refractivity contribution in [3.8, 4) is 0 Å². The lowest BCUT2D eigenvalue weighted by atomic mass is 10.2. The number of halogens is 2. The summed E-state index contributed by atoms with van der Waals surface area (Å²) in [5.41, 5.74) is 0.952. The van der Waals surface area contributed by atoms with Crippen molar-refractivity contribution in [2.24, 2.45) is 4.99 Å². The first kappa shape index (κ1) is 24.1. The Kier molecular flexibility index (Phi) is 11.9. The summed E-state index contributed by atoms with van der Waals surface area (Å²) >= 11 is 0. The molecule has 0 bridgehead atoms. The zero-order valence-electron chi connectivity index (χ0n) is 17.0. The summed E-state index contributed by atoms with van der Waals surface area (Å²) in [6.45, 7) is 10.2. The average Bonchev–Trinajstić information content (AvgIpc) is 2.62. The molecule has 1 saturated heterocycles. The zero-order chi connectivity index (χ0) is 18.8. The van der Waals surface area contributed by atoms with E-state index >= 15 is 0 Å². The zero-order valence-corrected chi connectivity index (χ0v) is 19.3. The van der Waals surface area contributed by atoms with Crippen LogP contribution in [-0.4, -0.2) is 80.6 Å². The number of benzene rings is 1. The lowest BCUT2D eigenvalue weighted by molar-refractivity contribution is 0.152.